The van der Waals surface area contributed by atoms with Crippen molar-refractivity contribution in [3.8, 4) is 22.6 Å². The van der Waals surface area contributed by atoms with Crippen molar-refractivity contribution in [3.63, 3.8) is 0 Å². The third-order valence-corrected chi connectivity index (χ3v) is 6.70. The van der Waals surface area contributed by atoms with Crippen LogP contribution in [0.25, 0.3) is 28.2 Å². The molecule has 1 N–H and O–H groups in total. The normalized spacial score (nSPS) is 17.2. The third-order valence-electron chi connectivity index (χ3n) is 6.70. The Morgan fingerprint density at radius 3 is 2.66 bits per heavy atom. The number of ether oxygens (including phenoxy) is 1. The monoisotopic (exact) mass is 574 g/mol. The molecule has 0 spiro atoms. The summed E-state index contributed by atoms with van der Waals surface area (Å²) < 4.78 is 73.9. The number of alkyl halides is 5. The smallest absolute Gasteiger partial charge is 0.339 e. The zero-order chi connectivity index (χ0) is 28.9. The molecule has 11 nitrogen and oxygen atoms in total. The molecule has 4 heterocycles. The van der Waals surface area contributed by atoms with Crippen LogP contribution in [0.5, 0.6) is 0 Å². The van der Waals surface area contributed by atoms with Gasteiger partial charge in [0.25, 0.3) is 5.91 Å². The van der Waals surface area contributed by atoms with Gasteiger partial charge in [0.1, 0.15) is 5.69 Å². The number of rotatable bonds is 7. The number of benzene rings is 1. The van der Waals surface area contributed by atoms with Crippen LogP contribution < -0.4 is 5.32 Å². The van der Waals surface area contributed by atoms with Crippen LogP contribution in [0.1, 0.15) is 47.1 Å². The molecule has 0 aliphatic heterocycles. The number of amides is 1. The minimum absolute atomic E-state index is 0.118. The van der Waals surface area contributed by atoms with Crippen LogP contribution in [-0.4, -0.2) is 53.1 Å². The van der Waals surface area contributed by atoms with Crippen LogP contribution in [0, 0.1) is 6.92 Å². The predicted molar refractivity (Wildman–Crippen MR) is 131 cm³/mol. The fourth-order valence-corrected chi connectivity index (χ4v) is 4.47. The van der Waals surface area contributed by atoms with E-state index in [-0.39, 0.29) is 41.7 Å². The zero-order valence-corrected chi connectivity index (χ0v) is 21.0. The first kappa shape index (κ1) is 26.5. The molecule has 1 aliphatic rings. The Labute approximate surface area is 226 Å². The Kier molecular flexibility index (Phi) is 6.48. The molecule has 1 aliphatic carbocycles. The van der Waals surface area contributed by atoms with Crippen molar-refractivity contribution in [1.82, 2.24) is 34.7 Å². The lowest BCUT2D eigenvalue weighted by atomic mass is 9.82. The zero-order valence-electron chi connectivity index (χ0n) is 21.0. The number of nitrogens with one attached hydrogen (secondary N) is 1. The minimum atomic E-state index is -4.69. The van der Waals surface area contributed by atoms with Gasteiger partial charge in [-0.2, -0.15) is 23.5 Å². The number of aromatic nitrogens is 7. The molecular weight excluding hydrogens is 555 g/mol. The van der Waals surface area contributed by atoms with Crippen molar-refractivity contribution in [3.05, 3.63) is 65.9 Å². The van der Waals surface area contributed by atoms with Crippen molar-refractivity contribution in [1.29, 1.82) is 0 Å². The highest BCUT2D eigenvalue weighted by molar-refractivity contribution is 6.09. The van der Waals surface area contributed by atoms with E-state index in [0.717, 1.165) is 11.8 Å². The molecular formula is C25H19F5N8O3. The summed E-state index contributed by atoms with van der Waals surface area (Å²) in [6.07, 6.45) is -1.36. The lowest BCUT2D eigenvalue weighted by Gasteiger charge is -2.32. The van der Waals surface area contributed by atoms with Gasteiger partial charge < -0.3 is 9.84 Å². The van der Waals surface area contributed by atoms with Gasteiger partial charge >= 0.3 is 12.9 Å². The van der Waals surface area contributed by atoms with E-state index in [1.165, 1.54) is 10.7 Å². The quantitative estimate of drug-likeness (QED) is 0.257. The van der Waals surface area contributed by atoms with Crippen LogP contribution in [0.2, 0.25) is 0 Å². The lowest BCUT2D eigenvalue weighted by molar-refractivity contribution is -0.352. The molecule has 1 fully saturated rings. The van der Waals surface area contributed by atoms with Gasteiger partial charge in [0.2, 0.25) is 11.7 Å². The van der Waals surface area contributed by atoms with Crippen molar-refractivity contribution in [2.45, 2.75) is 44.7 Å². The molecule has 1 amide bonds. The van der Waals surface area contributed by atoms with Gasteiger partial charge in [-0.1, -0.05) is 22.5 Å². The average molecular weight is 574 g/mol. The molecule has 0 bridgehead atoms. The highest BCUT2D eigenvalue weighted by atomic mass is 19.4. The van der Waals surface area contributed by atoms with E-state index in [9.17, 15) is 26.7 Å². The molecule has 4 aromatic heterocycles. The predicted octanol–water partition coefficient (Wildman–Crippen LogP) is 5.38. The Morgan fingerprint density at radius 1 is 1.15 bits per heavy atom. The van der Waals surface area contributed by atoms with Crippen LogP contribution in [0.15, 0.2) is 53.4 Å². The number of halogens is 5. The highest BCUT2D eigenvalue weighted by Gasteiger charge is 2.42. The van der Waals surface area contributed by atoms with E-state index >= 15 is 0 Å². The van der Waals surface area contributed by atoms with Gasteiger partial charge in [-0.05, 0) is 43.5 Å². The standard InChI is InChI=1S/C25H19F5N8O3/c1-12-2-3-13(21-33-23(41-35-21)15-6-16(7-15)40-25(28,29)30)8-18(12)32-22(39)17-9-31-37-10-14(4-5-20(17)37)19-11-38(24(26)27)36-34-19/h2-5,8-11,15-16,24H,6-7H2,1H3,(H,32,39). The Hall–Kier alpha value is -4.73. The van der Waals surface area contributed by atoms with Gasteiger partial charge in [-0.25, -0.2) is 4.52 Å². The number of anilines is 1. The summed E-state index contributed by atoms with van der Waals surface area (Å²) in [6, 6.07) is 8.39. The SMILES string of the molecule is Cc1ccc(-c2noc(C3CC(OC(F)(F)F)C3)n2)cc1NC(=O)c1cnn2cc(-c3cn(C(F)F)nn3)ccc12. The highest BCUT2D eigenvalue weighted by Crippen LogP contribution is 2.41. The van der Waals surface area contributed by atoms with Crippen LogP contribution >= 0.6 is 0 Å². The van der Waals surface area contributed by atoms with Crippen molar-refractivity contribution < 1.29 is 36.0 Å². The summed E-state index contributed by atoms with van der Waals surface area (Å²) in [5.74, 6) is -0.338. The Morgan fingerprint density at radius 2 is 1.93 bits per heavy atom. The number of carbonyl (C=O) groups excluding carboxylic acids is 1. The van der Waals surface area contributed by atoms with E-state index in [1.807, 2.05) is 0 Å². The number of carbonyl (C=O) groups is 1. The molecule has 6 rings (SSSR count). The van der Waals surface area contributed by atoms with Crippen molar-refractivity contribution >= 4 is 17.1 Å². The van der Waals surface area contributed by atoms with E-state index in [0.29, 0.717) is 27.0 Å². The maximum Gasteiger partial charge on any atom is 0.522 e. The summed E-state index contributed by atoms with van der Waals surface area (Å²) in [7, 11) is 0. The maximum absolute atomic E-state index is 13.2. The number of aryl methyl sites for hydroxylation is 1. The molecule has 41 heavy (non-hydrogen) atoms. The van der Waals surface area contributed by atoms with E-state index < -0.39 is 24.9 Å². The minimum Gasteiger partial charge on any atom is -0.339 e. The van der Waals surface area contributed by atoms with Crippen LogP contribution in [0.4, 0.5) is 27.6 Å². The van der Waals surface area contributed by atoms with E-state index in [4.69, 9.17) is 4.52 Å². The molecule has 16 heteroatoms. The average Bonchev–Trinajstić information content (AvgIpc) is 3.66. The maximum atomic E-state index is 13.2. The first-order valence-corrected chi connectivity index (χ1v) is 12.2. The molecule has 0 unspecified atom stereocenters. The molecule has 0 saturated heterocycles. The third kappa shape index (κ3) is 5.37. The Balaban J connectivity index is 1.17. The molecule has 212 valence electrons. The van der Waals surface area contributed by atoms with Crippen molar-refractivity contribution in [2.75, 3.05) is 5.32 Å². The second-order valence-corrected chi connectivity index (χ2v) is 9.46. The second-order valence-electron chi connectivity index (χ2n) is 9.46. The van der Waals surface area contributed by atoms with E-state index in [2.05, 4.69) is 35.6 Å². The fraction of sp³-hybridized carbons (Fsp3) is 0.280. The molecule has 5 aromatic rings. The summed E-state index contributed by atoms with van der Waals surface area (Å²) in [5.41, 5.74) is 3.19. The van der Waals surface area contributed by atoms with Gasteiger partial charge in [0, 0.05) is 28.9 Å². The van der Waals surface area contributed by atoms with Crippen LogP contribution in [0.3, 0.4) is 0 Å². The van der Waals surface area contributed by atoms with Crippen molar-refractivity contribution in [2.24, 2.45) is 0 Å². The number of pyridine rings is 1. The largest absolute Gasteiger partial charge is 0.522 e. The van der Waals surface area contributed by atoms with Gasteiger partial charge in [0.15, 0.2) is 0 Å². The van der Waals surface area contributed by atoms with Crippen LogP contribution in [-0.2, 0) is 4.74 Å². The molecule has 0 atom stereocenters. The Bertz CT molecular complexity index is 1740. The summed E-state index contributed by atoms with van der Waals surface area (Å²) in [4.78, 5) is 17.5. The molecule has 0 radical (unpaired) electrons. The molecule has 1 saturated carbocycles. The molecule has 1 aromatic carbocycles. The fourth-order valence-electron chi connectivity index (χ4n) is 4.47. The topological polar surface area (TPSA) is 125 Å². The van der Waals surface area contributed by atoms with Gasteiger partial charge in [-0.15, -0.1) is 18.3 Å². The number of hydrogen-bond acceptors (Lipinski definition) is 8. The summed E-state index contributed by atoms with van der Waals surface area (Å²) in [6.45, 7) is -1.02. The summed E-state index contributed by atoms with van der Waals surface area (Å²) in [5, 5.41) is 18.1. The second kappa shape index (κ2) is 10.0. The first-order valence-electron chi connectivity index (χ1n) is 12.2. The number of nitrogens with zero attached hydrogens (tertiary/aromatic N) is 7. The number of fused-ring (bicyclic) bond motifs is 1. The first-order chi connectivity index (χ1) is 19.5. The van der Waals surface area contributed by atoms with E-state index in [1.54, 1.807) is 43.5 Å². The van der Waals surface area contributed by atoms with Gasteiger partial charge in [0.05, 0.1) is 29.6 Å². The number of hydrogen-bond donors (Lipinski definition) is 1. The lowest BCUT2D eigenvalue weighted by Crippen LogP contribution is -2.34. The summed E-state index contributed by atoms with van der Waals surface area (Å²) >= 11 is 0. The van der Waals surface area contributed by atoms with Gasteiger partial charge in [-0.3, -0.25) is 9.53 Å².